The first kappa shape index (κ1) is 16.2. The zero-order valence-electron chi connectivity index (χ0n) is 12.9. The van der Waals surface area contributed by atoms with E-state index in [-0.39, 0.29) is 0 Å². The highest BCUT2D eigenvalue weighted by atomic mass is 15.1. The summed E-state index contributed by atoms with van der Waals surface area (Å²) in [6.07, 6.45) is 3.60. The third-order valence-corrected chi connectivity index (χ3v) is 2.81. The van der Waals surface area contributed by atoms with Gasteiger partial charge in [0.1, 0.15) is 0 Å². The first-order valence-electron chi connectivity index (χ1n) is 7.07. The molecule has 0 radical (unpaired) electrons. The van der Waals surface area contributed by atoms with Gasteiger partial charge < -0.3 is 10.2 Å². The molecule has 0 bridgehead atoms. The smallest absolute Gasteiger partial charge is 0.0438 e. The van der Waals surface area contributed by atoms with Gasteiger partial charge in [-0.25, -0.2) is 0 Å². The number of benzene rings is 1. The fourth-order valence-corrected chi connectivity index (χ4v) is 1.78. The van der Waals surface area contributed by atoms with Crippen LogP contribution in [0.3, 0.4) is 0 Å². The molecule has 20 heavy (non-hydrogen) atoms. The second kappa shape index (κ2) is 9.10. The highest BCUT2D eigenvalue weighted by Crippen LogP contribution is 2.21. The summed E-state index contributed by atoms with van der Waals surface area (Å²) in [5, 5.41) is 3.21. The van der Waals surface area contributed by atoms with Crippen LogP contribution in [0.1, 0.15) is 20.8 Å². The number of nitrogens with one attached hydrogen (secondary N) is 1. The molecule has 0 saturated carbocycles. The lowest BCUT2D eigenvalue weighted by Crippen LogP contribution is -2.21. The van der Waals surface area contributed by atoms with Gasteiger partial charge in [0.15, 0.2) is 0 Å². The lowest BCUT2D eigenvalue weighted by Gasteiger charge is -2.18. The van der Waals surface area contributed by atoms with Crippen LogP contribution >= 0.6 is 0 Å². The third-order valence-electron chi connectivity index (χ3n) is 2.81. The van der Waals surface area contributed by atoms with E-state index in [1.165, 1.54) is 5.69 Å². The predicted octanol–water partition coefficient (Wildman–Crippen LogP) is 3.85. The van der Waals surface area contributed by atoms with Crippen molar-refractivity contribution in [2.24, 2.45) is 0 Å². The van der Waals surface area contributed by atoms with Crippen molar-refractivity contribution in [3.63, 3.8) is 0 Å². The Morgan fingerprint density at radius 1 is 1.00 bits per heavy atom. The molecule has 3 heteroatoms. The average Bonchev–Trinajstić information content (AvgIpc) is 2.49. The van der Waals surface area contributed by atoms with Gasteiger partial charge in [0.25, 0.3) is 0 Å². The van der Waals surface area contributed by atoms with E-state index < -0.39 is 0 Å². The van der Waals surface area contributed by atoms with Crippen molar-refractivity contribution in [2.45, 2.75) is 26.8 Å². The van der Waals surface area contributed by atoms with Gasteiger partial charge in [-0.3, -0.25) is 4.98 Å². The fourth-order valence-electron chi connectivity index (χ4n) is 1.78. The van der Waals surface area contributed by atoms with Crippen LogP contribution in [-0.2, 0) is 0 Å². The molecule has 0 fully saturated rings. The number of aromatic nitrogens is 1. The highest BCUT2D eigenvalue weighted by Gasteiger charge is 2.00. The number of anilines is 2. The topological polar surface area (TPSA) is 28.2 Å². The molecule has 0 aliphatic rings. The molecule has 0 aliphatic heterocycles. The molecule has 2 rings (SSSR count). The zero-order chi connectivity index (χ0) is 14.8. The molecule has 1 heterocycles. The molecule has 0 amide bonds. The molecule has 108 valence electrons. The first-order valence-corrected chi connectivity index (χ1v) is 7.07. The lowest BCUT2D eigenvalue weighted by molar-refractivity contribution is 0.613. The Bertz CT molecular complexity index is 415. The molecule has 0 saturated heterocycles. The van der Waals surface area contributed by atoms with Crippen molar-refractivity contribution in [1.82, 2.24) is 10.3 Å². The van der Waals surface area contributed by atoms with Gasteiger partial charge in [-0.1, -0.05) is 39.0 Å². The molecule has 0 atom stereocenters. The number of hydrogen-bond acceptors (Lipinski definition) is 3. The zero-order valence-corrected chi connectivity index (χ0v) is 12.9. The van der Waals surface area contributed by atoms with Crippen molar-refractivity contribution in [3.8, 4) is 0 Å². The van der Waals surface area contributed by atoms with E-state index in [9.17, 15) is 0 Å². The molecule has 0 spiro atoms. The largest absolute Gasteiger partial charge is 0.345 e. The number of rotatable bonds is 4. The average molecular weight is 271 g/mol. The minimum Gasteiger partial charge on any atom is -0.345 e. The summed E-state index contributed by atoms with van der Waals surface area (Å²) in [5.74, 6) is 0. The van der Waals surface area contributed by atoms with Crippen LogP contribution in [0.2, 0.25) is 0 Å². The number of pyridine rings is 1. The van der Waals surface area contributed by atoms with Crippen LogP contribution in [0.25, 0.3) is 0 Å². The van der Waals surface area contributed by atoms with Gasteiger partial charge >= 0.3 is 0 Å². The summed E-state index contributed by atoms with van der Waals surface area (Å²) in [7, 11) is 2.05. The van der Waals surface area contributed by atoms with E-state index in [0.29, 0.717) is 6.04 Å². The van der Waals surface area contributed by atoms with Gasteiger partial charge in [0.2, 0.25) is 0 Å². The van der Waals surface area contributed by atoms with E-state index in [1.807, 2.05) is 37.4 Å². The van der Waals surface area contributed by atoms with Gasteiger partial charge in [0.05, 0.1) is 0 Å². The second-order valence-corrected chi connectivity index (χ2v) is 4.81. The molecule has 0 unspecified atom stereocenters. The molecule has 0 aliphatic carbocycles. The maximum atomic E-state index is 3.99. The SMILES string of the molecule is CCNC(C)C.CN(c1ccccc1)c1ccncc1. The summed E-state index contributed by atoms with van der Waals surface area (Å²) in [6, 6.07) is 14.9. The Hall–Kier alpha value is -1.87. The Labute approximate surface area is 122 Å². The molecular weight excluding hydrogens is 246 g/mol. The molecule has 1 N–H and O–H groups in total. The van der Waals surface area contributed by atoms with Crippen LogP contribution < -0.4 is 10.2 Å². The summed E-state index contributed by atoms with van der Waals surface area (Å²) in [6.45, 7) is 7.48. The Balaban J connectivity index is 0.000000286. The van der Waals surface area contributed by atoms with Crippen molar-refractivity contribution < 1.29 is 0 Å². The summed E-state index contributed by atoms with van der Waals surface area (Å²) < 4.78 is 0. The van der Waals surface area contributed by atoms with E-state index in [2.05, 4.69) is 48.1 Å². The van der Waals surface area contributed by atoms with Crippen LogP contribution in [0.15, 0.2) is 54.9 Å². The third kappa shape index (κ3) is 5.85. The van der Waals surface area contributed by atoms with E-state index >= 15 is 0 Å². The van der Waals surface area contributed by atoms with Crippen molar-refractivity contribution in [1.29, 1.82) is 0 Å². The van der Waals surface area contributed by atoms with Crippen molar-refractivity contribution >= 4 is 11.4 Å². The van der Waals surface area contributed by atoms with Crippen molar-refractivity contribution in [3.05, 3.63) is 54.9 Å². The highest BCUT2D eigenvalue weighted by molar-refractivity contribution is 5.61. The summed E-state index contributed by atoms with van der Waals surface area (Å²) in [4.78, 5) is 6.12. The van der Waals surface area contributed by atoms with Gasteiger partial charge in [-0.15, -0.1) is 0 Å². The molecule has 1 aromatic carbocycles. The normalized spacial score (nSPS) is 9.85. The van der Waals surface area contributed by atoms with E-state index in [4.69, 9.17) is 0 Å². The summed E-state index contributed by atoms with van der Waals surface area (Å²) in [5.41, 5.74) is 2.32. The lowest BCUT2D eigenvalue weighted by atomic mass is 10.2. The van der Waals surface area contributed by atoms with Crippen LogP contribution in [0, 0.1) is 0 Å². The molecule has 2 aromatic rings. The van der Waals surface area contributed by atoms with Crippen LogP contribution in [0.4, 0.5) is 11.4 Å². The Morgan fingerprint density at radius 2 is 1.55 bits per heavy atom. The van der Waals surface area contributed by atoms with Gasteiger partial charge in [-0.2, -0.15) is 0 Å². The van der Waals surface area contributed by atoms with Crippen molar-refractivity contribution in [2.75, 3.05) is 18.5 Å². The maximum absolute atomic E-state index is 3.99. The first-order chi connectivity index (χ1) is 9.65. The molecule has 1 aromatic heterocycles. The minimum absolute atomic E-state index is 0.648. The van der Waals surface area contributed by atoms with Crippen LogP contribution in [0.5, 0.6) is 0 Å². The van der Waals surface area contributed by atoms with E-state index in [1.54, 1.807) is 12.4 Å². The number of nitrogens with zero attached hydrogens (tertiary/aromatic N) is 2. The summed E-state index contributed by atoms with van der Waals surface area (Å²) >= 11 is 0. The van der Waals surface area contributed by atoms with Gasteiger partial charge in [0, 0.05) is 36.9 Å². The predicted molar refractivity (Wildman–Crippen MR) is 87.6 cm³/mol. The standard InChI is InChI=1S/C12H12N2.C5H13N/c1-14(11-5-3-2-4-6-11)12-7-9-13-10-8-12;1-4-6-5(2)3/h2-10H,1H3;5-6H,4H2,1-3H3. The quantitative estimate of drug-likeness (QED) is 0.915. The maximum Gasteiger partial charge on any atom is 0.0438 e. The van der Waals surface area contributed by atoms with Crippen LogP contribution in [-0.4, -0.2) is 24.6 Å². The van der Waals surface area contributed by atoms with Gasteiger partial charge in [-0.05, 0) is 30.8 Å². The number of hydrogen-bond donors (Lipinski definition) is 1. The Morgan fingerprint density at radius 3 is 2.00 bits per heavy atom. The molecular formula is C17H25N3. The second-order valence-electron chi connectivity index (χ2n) is 4.81. The fraction of sp³-hybridized carbons (Fsp3) is 0.353. The Kier molecular flexibility index (Phi) is 7.36. The monoisotopic (exact) mass is 271 g/mol. The number of para-hydroxylation sites is 1. The van der Waals surface area contributed by atoms with E-state index in [0.717, 1.165) is 12.2 Å². The molecule has 3 nitrogen and oxygen atoms in total. The minimum atomic E-state index is 0.648.